The van der Waals surface area contributed by atoms with Crippen molar-refractivity contribution < 1.29 is 19.2 Å². The Kier molecular flexibility index (Phi) is 9.58. The van der Waals surface area contributed by atoms with Crippen molar-refractivity contribution in [2.45, 2.75) is 39.0 Å². The number of unbranched alkanes of at least 4 members (excludes halogenated alkanes) is 3. The SMILES string of the molecule is CCCCCCC(=O)NCCOC(=O)/C=C/c1ccc([N+](=O)[O-])cc1. The summed E-state index contributed by atoms with van der Waals surface area (Å²) in [5, 5.41) is 13.2. The molecular weight excluding hydrogens is 324 g/mol. The average Bonchev–Trinajstić information content (AvgIpc) is 2.61. The molecule has 0 radical (unpaired) electrons. The number of hydrogen-bond donors (Lipinski definition) is 1. The minimum Gasteiger partial charge on any atom is -0.461 e. The minimum atomic E-state index is -0.532. The molecule has 0 bridgehead atoms. The number of esters is 1. The number of benzene rings is 1. The summed E-state index contributed by atoms with van der Waals surface area (Å²) in [6.07, 6.45) is 7.43. The van der Waals surface area contributed by atoms with Crippen molar-refractivity contribution in [3.05, 3.63) is 46.0 Å². The number of nitrogens with zero attached hydrogens (tertiary/aromatic N) is 1. The summed E-state index contributed by atoms with van der Waals surface area (Å²) in [6, 6.07) is 5.81. The number of hydrogen-bond acceptors (Lipinski definition) is 5. The number of carbonyl (C=O) groups excluding carboxylic acids is 2. The first-order chi connectivity index (χ1) is 12.0. The fourth-order valence-corrected chi connectivity index (χ4v) is 2.06. The van der Waals surface area contributed by atoms with E-state index in [4.69, 9.17) is 4.74 Å². The van der Waals surface area contributed by atoms with Gasteiger partial charge in [0.15, 0.2) is 0 Å². The molecule has 136 valence electrons. The van der Waals surface area contributed by atoms with Gasteiger partial charge >= 0.3 is 5.97 Å². The molecule has 1 rings (SSSR count). The van der Waals surface area contributed by atoms with E-state index < -0.39 is 10.9 Å². The Morgan fingerprint density at radius 1 is 1.20 bits per heavy atom. The van der Waals surface area contributed by atoms with Crippen molar-refractivity contribution in [2.75, 3.05) is 13.2 Å². The van der Waals surface area contributed by atoms with E-state index in [0.717, 1.165) is 25.7 Å². The number of non-ortho nitro benzene ring substituents is 1. The molecule has 25 heavy (non-hydrogen) atoms. The highest BCUT2D eigenvalue weighted by Crippen LogP contribution is 2.12. The molecule has 0 saturated heterocycles. The normalized spacial score (nSPS) is 10.6. The van der Waals surface area contributed by atoms with Crippen LogP contribution in [0.3, 0.4) is 0 Å². The van der Waals surface area contributed by atoms with Crippen LogP contribution >= 0.6 is 0 Å². The van der Waals surface area contributed by atoms with Gasteiger partial charge in [0.05, 0.1) is 11.5 Å². The first kappa shape index (κ1) is 20.3. The first-order valence-electron chi connectivity index (χ1n) is 8.39. The molecule has 7 nitrogen and oxygen atoms in total. The molecule has 1 amide bonds. The number of carbonyl (C=O) groups is 2. The van der Waals surface area contributed by atoms with Gasteiger partial charge in [-0.1, -0.05) is 26.2 Å². The van der Waals surface area contributed by atoms with Crippen LogP contribution in [0.4, 0.5) is 5.69 Å². The Morgan fingerprint density at radius 2 is 1.92 bits per heavy atom. The summed E-state index contributed by atoms with van der Waals surface area (Å²) in [7, 11) is 0. The number of ether oxygens (including phenoxy) is 1. The van der Waals surface area contributed by atoms with Crippen molar-refractivity contribution in [3.63, 3.8) is 0 Å². The maximum absolute atomic E-state index is 11.6. The van der Waals surface area contributed by atoms with Crippen LogP contribution in [0.15, 0.2) is 30.3 Å². The molecular formula is C18H24N2O5. The van der Waals surface area contributed by atoms with Gasteiger partial charge in [-0.2, -0.15) is 0 Å². The monoisotopic (exact) mass is 348 g/mol. The molecule has 0 spiro atoms. The van der Waals surface area contributed by atoms with Crippen LogP contribution in [-0.4, -0.2) is 30.0 Å². The van der Waals surface area contributed by atoms with Crippen LogP contribution in [0.5, 0.6) is 0 Å². The average molecular weight is 348 g/mol. The molecule has 0 unspecified atom stereocenters. The Labute approximate surface area is 147 Å². The number of nitrogens with one attached hydrogen (secondary N) is 1. The fourth-order valence-electron chi connectivity index (χ4n) is 2.06. The van der Waals surface area contributed by atoms with Gasteiger partial charge in [0, 0.05) is 24.6 Å². The fraction of sp³-hybridized carbons (Fsp3) is 0.444. The van der Waals surface area contributed by atoms with Gasteiger partial charge in [-0.15, -0.1) is 0 Å². The molecule has 0 heterocycles. The lowest BCUT2D eigenvalue weighted by Gasteiger charge is -2.05. The predicted octanol–water partition coefficient (Wildman–Crippen LogP) is 3.24. The van der Waals surface area contributed by atoms with E-state index in [1.54, 1.807) is 12.1 Å². The lowest BCUT2D eigenvalue weighted by atomic mass is 10.1. The second-order valence-corrected chi connectivity index (χ2v) is 5.51. The van der Waals surface area contributed by atoms with E-state index in [1.165, 1.54) is 24.3 Å². The minimum absolute atomic E-state index is 0.00911. The summed E-state index contributed by atoms with van der Waals surface area (Å²) in [6.45, 7) is 2.50. The van der Waals surface area contributed by atoms with Crippen molar-refractivity contribution >= 4 is 23.6 Å². The second-order valence-electron chi connectivity index (χ2n) is 5.51. The molecule has 1 aromatic carbocycles. The third kappa shape index (κ3) is 9.24. The van der Waals surface area contributed by atoms with Crippen molar-refractivity contribution in [2.24, 2.45) is 0 Å². The largest absolute Gasteiger partial charge is 0.461 e. The quantitative estimate of drug-likeness (QED) is 0.218. The number of nitro benzene ring substituents is 1. The molecule has 0 saturated carbocycles. The van der Waals surface area contributed by atoms with Crippen LogP contribution in [0, 0.1) is 10.1 Å². The van der Waals surface area contributed by atoms with Crippen molar-refractivity contribution in [1.82, 2.24) is 5.32 Å². The van der Waals surface area contributed by atoms with E-state index in [-0.39, 0.29) is 24.7 Å². The highest BCUT2D eigenvalue weighted by Gasteiger charge is 2.04. The zero-order valence-electron chi connectivity index (χ0n) is 14.4. The summed E-state index contributed by atoms with van der Waals surface area (Å²) in [4.78, 5) is 33.1. The lowest BCUT2D eigenvalue weighted by molar-refractivity contribution is -0.384. The zero-order chi connectivity index (χ0) is 18.5. The Bertz CT molecular complexity index is 596. The molecule has 1 N–H and O–H groups in total. The highest BCUT2D eigenvalue weighted by molar-refractivity contribution is 5.87. The smallest absolute Gasteiger partial charge is 0.330 e. The summed E-state index contributed by atoms with van der Waals surface area (Å²) >= 11 is 0. The first-order valence-corrected chi connectivity index (χ1v) is 8.39. The molecule has 0 aromatic heterocycles. The molecule has 0 aliphatic heterocycles. The summed E-state index contributed by atoms with van der Waals surface area (Å²) in [5.74, 6) is -0.566. The highest BCUT2D eigenvalue weighted by atomic mass is 16.6. The van der Waals surface area contributed by atoms with E-state index in [2.05, 4.69) is 12.2 Å². The maximum atomic E-state index is 11.6. The van der Waals surface area contributed by atoms with Crippen LogP contribution in [0.25, 0.3) is 6.08 Å². The van der Waals surface area contributed by atoms with Gasteiger partial charge in [0.2, 0.25) is 5.91 Å². The second kappa shape index (κ2) is 11.8. The summed E-state index contributed by atoms with van der Waals surface area (Å²) < 4.78 is 4.97. The van der Waals surface area contributed by atoms with Crippen LogP contribution in [0.1, 0.15) is 44.6 Å². The number of amides is 1. The molecule has 0 atom stereocenters. The van der Waals surface area contributed by atoms with E-state index >= 15 is 0 Å². The van der Waals surface area contributed by atoms with Gasteiger partial charge in [0.1, 0.15) is 6.61 Å². The zero-order valence-corrected chi connectivity index (χ0v) is 14.4. The standard InChI is InChI=1S/C18H24N2O5/c1-2-3-4-5-6-17(21)19-13-14-25-18(22)12-9-15-7-10-16(11-8-15)20(23)24/h7-12H,2-6,13-14H2,1H3,(H,19,21)/b12-9+. The van der Waals surface area contributed by atoms with Crippen molar-refractivity contribution in [1.29, 1.82) is 0 Å². The lowest BCUT2D eigenvalue weighted by Crippen LogP contribution is -2.27. The molecule has 1 aromatic rings. The van der Waals surface area contributed by atoms with E-state index in [0.29, 0.717) is 12.0 Å². The van der Waals surface area contributed by atoms with E-state index in [1.807, 2.05) is 0 Å². The number of rotatable bonds is 11. The van der Waals surface area contributed by atoms with E-state index in [9.17, 15) is 19.7 Å². The van der Waals surface area contributed by atoms with Crippen molar-refractivity contribution in [3.8, 4) is 0 Å². The number of nitro groups is 1. The molecule has 0 aliphatic rings. The van der Waals surface area contributed by atoms with Gasteiger partial charge < -0.3 is 10.1 Å². The topological polar surface area (TPSA) is 98.5 Å². The van der Waals surface area contributed by atoms with Crippen LogP contribution in [-0.2, 0) is 14.3 Å². The summed E-state index contributed by atoms with van der Waals surface area (Å²) in [5.41, 5.74) is 0.646. The third-order valence-corrected chi connectivity index (χ3v) is 3.44. The molecule has 0 aliphatic carbocycles. The Morgan fingerprint density at radius 3 is 2.56 bits per heavy atom. The third-order valence-electron chi connectivity index (χ3n) is 3.44. The van der Waals surface area contributed by atoms with Crippen LogP contribution in [0.2, 0.25) is 0 Å². The Balaban J connectivity index is 2.19. The van der Waals surface area contributed by atoms with Crippen LogP contribution < -0.4 is 5.32 Å². The molecule has 7 heteroatoms. The van der Waals surface area contributed by atoms with Gasteiger partial charge in [-0.3, -0.25) is 14.9 Å². The van der Waals surface area contributed by atoms with Gasteiger partial charge in [0.25, 0.3) is 5.69 Å². The maximum Gasteiger partial charge on any atom is 0.330 e. The predicted molar refractivity (Wildman–Crippen MR) is 94.9 cm³/mol. The molecule has 0 fully saturated rings. The Hall–Kier alpha value is -2.70. The van der Waals surface area contributed by atoms with Gasteiger partial charge in [-0.25, -0.2) is 4.79 Å². The van der Waals surface area contributed by atoms with Gasteiger partial charge in [-0.05, 0) is 30.2 Å².